The molecule has 2 aromatic carbocycles. The zero-order valence-electron chi connectivity index (χ0n) is 22.8. The highest BCUT2D eigenvalue weighted by Gasteiger charge is 2.40. The van der Waals surface area contributed by atoms with Crippen molar-refractivity contribution in [1.82, 2.24) is 4.98 Å². The zero-order valence-corrected chi connectivity index (χ0v) is 23.6. The summed E-state index contributed by atoms with van der Waals surface area (Å²) in [4.78, 5) is 47.5. The van der Waals surface area contributed by atoms with E-state index in [0.29, 0.717) is 16.9 Å². The van der Waals surface area contributed by atoms with Crippen molar-refractivity contribution in [2.45, 2.75) is 57.0 Å². The molecule has 1 heterocycles. The van der Waals surface area contributed by atoms with Gasteiger partial charge in [-0.25, -0.2) is 9.18 Å². The van der Waals surface area contributed by atoms with Crippen LogP contribution in [-0.4, -0.2) is 54.8 Å². The molecule has 224 valence electrons. The van der Waals surface area contributed by atoms with Crippen LogP contribution in [0.15, 0.2) is 54.7 Å². The molecule has 42 heavy (non-hydrogen) atoms. The second kappa shape index (κ2) is 14.2. The van der Waals surface area contributed by atoms with Crippen LogP contribution in [0.5, 0.6) is 0 Å². The summed E-state index contributed by atoms with van der Waals surface area (Å²) >= 11 is 5.90. The molecule has 4 rings (SSSR count). The first-order valence-corrected chi connectivity index (χ1v) is 13.7. The lowest BCUT2D eigenvalue weighted by molar-refractivity contribution is -0.170. The molecule has 10 nitrogen and oxygen atoms in total. The maximum Gasteiger partial charge on any atom is 0.336 e. The fraction of sp³-hybridized carbons (Fsp3) is 0.367. The van der Waals surface area contributed by atoms with E-state index in [1.165, 1.54) is 11.6 Å². The summed E-state index contributed by atoms with van der Waals surface area (Å²) in [6.45, 7) is 2.01. The van der Waals surface area contributed by atoms with E-state index in [2.05, 4.69) is 10.3 Å². The van der Waals surface area contributed by atoms with E-state index in [-0.39, 0.29) is 17.6 Å². The molecule has 3 aromatic rings. The van der Waals surface area contributed by atoms with Crippen LogP contribution in [0.3, 0.4) is 0 Å². The third kappa shape index (κ3) is 8.70. The van der Waals surface area contributed by atoms with Gasteiger partial charge in [-0.3, -0.25) is 19.4 Å². The van der Waals surface area contributed by atoms with Crippen LogP contribution in [0.2, 0.25) is 5.02 Å². The molecular formula is C30H32ClFN2O8. The lowest BCUT2D eigenvalue weighted by atomic mass is 9.73. The Morgan fingerprint density at radius 2 is 1.57 bits per heavy atom. The largest absolute Gasteiger partial charge is 0.481 e. The number of hydrogen-bond donors (Lipinski definition) is 5. The second-order valence-corrected chi connectivity index (χ2v) is 10.9. The quantitative estimate of drug-likeness (QED) is 0.217. The summed E-state index contributed by atoms with van der Waals surface area (Å²) in [5.74, 6) is -4.53. The number of nitrogens with zero attached hydrogens (tertiary/aromatic N) is 1. The first-order valence-electron chi connectivity index (χ1n) is 13.3. The van der Waals surface area contributed by atoms with Crippen LogP contribution in [0, 0.1) is 17.7 Å². The second-order valence-electron chi connectivity index (χ2n) is 10.4. The van der Waals surface area contributed by atoms with Gasteiger partial charge in [-0.15, -0.1) is 0 Å². The number of amides is 1. The van der Waals surface area contributed by atoms with Gasteiger partial charge in [-0.1, -0.05) is 18.5 Å². The average Bonchev–Trinajstić information content (AvgIpc) is 2.93. The number of carboxylic acid groups (broad SMARTS) is 3. The number of carbonyl (C=O) groups is 4. The highest BCUT2D eigenvalue weighted by atomic mass is 35.5. The third-order valence-electron chi connectivity index (χ3n) is 7.47. The summed E-state index contributed by atoms with van der Waals surface area (Å²) in [6.07, 6.45) is 3.49. The Labute approximate surface area is 246 Å². The Hall–Kier alpha value is -4.09. The number of carbonyl (C=O) groups excluding carboxylic acids is 1. The highest BCUT2D eigenvalue weighted by Crippen LogP contribution is 2.41. The summed E-state index contributed by atoms with van der Waals surface area (Å²) < 4.78 is 13.8. The molecule has 1 fully saturated rings. The Morgan fingerprint density at radius 1 is 0.976 bits per heavy atom. The van der Waals surface area contributed by atoms with Crippen LogP contribution in [0.25, 0.3) is 10.9 Å². The lowest BCUT2D eigenvalue weighted by Gasteiger charge is -2.32. The minimum absolute atomic E-state index is 0.0483. The van der Waals surface area contributed by atoms with Crippen molar-refractivity contribution < 1.29 is 44.0 Å². The molecule has 0 spiro atoms. The van der Waals surface area contributed by atoms with E-state index in [1.807, 2.05) is 31.3 Å². The zero-order chi connectivity index (χ0) is 31.0. The van der Waals surface area contributed by atoms with Crippen molar-refractivity contribution in [2.24, 2.45) is 11.8 Å². The number of aliphatic hydroxyl groups is 1. The van der Waals surface area contributed by atoms with E-state index in [0.717, 1.165) is 42.3 Å². The molecule has 1 aliphatic rings. The predicted molar refractivity (Wildman–Crippen MR) is 153 cm³/mol. The summed E-state index contributed by atoms with van der Waals surface area (Å²) in [7, 11) is 0. The molecule has 0 radical (unpaired) electrons. The van der Waals surface area contributed by atoms with Gasteiger partial charge in [0.2, 0.25) is 5.91 Å². The van der Waals surface area contributed by atoms with Crippen molar-refractivity contribution >= 4 is 52.0 Å². The van der Waals surface area contributed by atoms with Gasteiger partial charge in [-0.05, 0) is 91.6 Å². The average molecular weight is 603 g/mol. The smallest absolute Gasteiger partial charge is 0.336 e. The number of benzene rings is 2. The fourth-order valence-electron chi connectivity index (χ4n) is 5.14. The third-order valence-corrected chi connectivity index (χ3v) is 7.72. The van der Waals surface area contributed by atoms with Gasteiger partial charge in [0, 0.05) is 28.2 Å². The number of hydrogen-bond acceptors (Lipinski definition) is 6. The number of aromatic nitrogens is 1. The number of rotatable bonds is 9. The minimum Gasteiger partial charge on any atom is -0.481 e. The molecular weight excluding hydrogens is 571 g/mol. The first kappa shape index (κ1) is 32.4. The molecule has 0 aliphatic heterocycles. The number of halogens is 2. The molecule has 0 unspecified atom stereocenters. The molecule has 5 N–H and O–H groups in total. The van der Waals surface area contributed by atoms with E-state index in [1.54, 1.807) is 24.3 Å². The monoisotopic (exact) mass is 602 g/mol. The number of aliphatic carboxylic acids is 3. The SMILES string of the molecule is C[C@@H](C(=O)Nc1ccc(Cl)cc1)C1CCC(c2ccnc3ccc(F)cc23)CC1.O=C(O)CC(O)(CC(=O)O)C(=O)O. The standard InChI is InChI=1S/C24H24ClFN2O.C6H8O7/c1-15(24(29)28-20-9-6-18(25)7-10-20)16-2-4-17(5-3-16)21-12-13-27-23-11-8-19(26)14-22(21)23;7-3(8)1-6(13,5(11)12)2-4(9)10/h6-17H,2-5H2,1H3,(H,28,29);13H,1-2H2,(H,7,8)(H,9,10)(H,11,12)/t15-,16?,17?;/m1./s1. The molecule has 1 aliphatic carbocycles. The number of anilines is 1. The first-order chi connectivity index (χ1) is 19.8. The van der Waals surface area contributed by atoms with E-state index >= 15 is 0 Å². The molecule has 0 saturated heterocycles. The summed E-state index contributed by atoms with van der Waals surface area (Å²) in [5, 5.41) is 38.4. The Bertz CT molecular complexity index is 1420. The summed E-state index contributed by atoms with van der Waals surface area (Å²) in [6, 6.07) is 14.0. The molecule has 1 aromatic heterocycles. The Kier molecular flexibility index (Phi) is 11.0. The maximum atomic E-state index is 13.8. The number of pyridine rings is 1. The number of fused-ring (bicyclic) bond motifs is 1. The van der Waals surface area contributed by atoms with Crippen LogP contribution < -0.4 is 5.32 Å². The maximum absolute atomic E-state index is 13.8. The number of nitrogens with one attached hydrogen (secondary N) is 1. The van der Waals surface area contributed by atoms with Gasteiger partial charge >= 0.3 is 17.9 Å². The van der Waals surface area contributed by atoms with Gasteiger partial charge in [0.15, 0.2) is 5.60 Å². The van der Waals surface area contributed by atoms with Crippen LogP contribution in [0.1, 0.15) is 56.9 Å². The Morgan fingerprint density at radius 3 is 2.12 bits per heavy atom. The molecule has 1 saturated carbocycles. The van der Waals surface area contributed by atoms with Crippen molar-refractivity contribution in [3.05, 3.63) is 71.1 Å². The normalized spacial score (nSPS) is 17.4. The molecule has 0 bridgehead atoms. The van der Waals surface area contributed by atoms with Gasteiger partial charge in [0.25, 0.3) is 0 Å². The number of carboxylic acids is 3. The molecule has 1 amide bonds. The van der Waals surface area contributed by atoms with Gasteiger partial charge in [0.1, 0.15) is 5.82 Å². The van der Waals surface area contributed by atoms with E-state index in [4.69, 9.17) is 32.0 Å². The van der Waals surface area contributed by atoms with Crippen LogP contribution in [0.4, 0.5) is 10.1 Å². The van der Waals surface area contributed by atoms with Crippen molar-refractivity contribution in [3.63, 3.8) is 0 Å². The topological polar surface area (TPSA) is 174 Å². The fourth-order valence-corrected chi connectivity index (χ4v) is 5.27. The van der Waals surface area contributed by atoms with Crippen LogP contribution >= 0.6 is 11.6 Å². The highest BCUT2D eigenvalue weighted by molar-refractivity contribution is 6.30. The van der Waals surface area contributed by atoms with Gasteiger partial charge in [0.05, 0.1) is 18.4 Å². The molecule has 1 atom stereocenters. The lowest BCUT2D eigenvalue weighted by Crippen LogP contribution is -2.42. The predicted octanol–water partition coefficient (Wildman–Crippen LogP) is 5.33. The van der Waals surface area contributed by atoms with Crippen LogP contribution in [-0.2, 0) is 19.2 Å². The van der Waals surface area contributed by atoms with Crippen molar-refractivity contribution in [3.8, 4) is 0 Å². The van der Waals surface area contributed by atoms with E-state index < -0.39 is 36.4 Å². The Balaban J connectivity index is 0.000000316. The minimum atomic E-state index is -2.74. The van der Waals surface area contributed by atoms with Crippen molar-refractivity contribution in [2.75, 3.05) is 5.32 Å². The van der Waals surface area contributed by atoms with Crippen molar-refractivity contribution in [1.29, 1.82) is 0 Å². The molecule has 12 heteroatoms. The van der Waals surface area contributed by atoms with Gasteiger partial charge in [-0.2, -0.15) is 0 Å². The van der Waals surface area contributed by atoms with E-state index in [9.17, 15) is 23.6 Å². The van der Waals surface area contributed by atoms with Gasteiger partial charge < -0.3 is 25.7 Å². The summed E-state index contributed by atoms with van der Waals surface area (Å²) in [5.41, 5.74) is 0.0377.